The van der Waals surface area contributed by atoms with Gasteiger partial charge in [0, 0.05) is 5.38 Å². The molecular weight excluding hydrogens is 258 g/mol. The zero-order valence-electron chi connectivity index (χ0n) is 10.9. The van der Waals surface area contributed by atoms with Crippen molar-refractivity contribution >= 4 is 11.5 Å². The molecule has 1 aromatic carbocycles. The molecule has 0 aliphatic carbocycles. The minimum Gasteiger partial charge on any atom is -0.493 e. The monoisotopic (exact) mass is 275 g/mol. The van der Waals surface area contributed by atoms with Crippen LogP contribution in [0.1, 0.15) is 36.1 Å². The Labute approximate surface area is 117 Å². The Bertz CT molecular complexity index is 529. The third-order valence-electron chi connectivity index (χ3n) is 3.69. The lowest BCUT2D eigenvalue weighted by Gasteiger charge is -2.28. The highest BCUT2D eigenvalue weighted by Crippen LogP contribution is 2.38. The topological polar surface area (TPSA) is 47.0 Å². The summed E-state index contributed by atoms with van der Waals surface area (Å²) in [5.74, 6) is 1.55. The van der Waals surface area contributed by atoms with E-state index in [-0.39, 0.29) is 6.04 Å². The van der Waals surface area contributed by atoms with E-state index in [4.69, 9.17) is 4.74 Å². The Morgan fingerprint density at radius 2 is 2.37 bits per heavy atom. The Hall–Kier alpha value is -1.46. The number of para-hydroxylation sites is 1. The van der Waals surface area contributed by atoms with Crippen LogP contribution < -0.4 is 10.1 Å². The number of ether oxygens (including phenoxy) is 1. The normalized spacial score (nSPS) is 19.5. The maximum atomic E-state index is 5.71. The zero-order chi connectivity index (χ0) is 13.1. The van der Waals surface area contributed by atoms with Crippen LogP contribution in [-0.2, 0) is 0 Å². The van der Waals surface area contributed by atoms with Crippen molar-refractivity contribution in [3.05, 3.63) is 40.9 Å². The van der Waals surface area contributed by atoms with Gasteiger partial charge >= 0.3 is 0 Å². The average Bonchev–Trinajstić information content (AvgIpc) is 2.99. The average molecular weight is 275 g/mol. The molecule has 1 aromatic heterocycles. The molecule has 0 radical (unpaired) electrons. The number of rotatable bonds is 4. The number of hydrogen-bond acceptors (Lipinski definition) is 5. The van der Waals surface area contributed by atoms with Gasteiger partial charge in [-0.2, -0.15) is 0 Å². The smallest absolute Gasteiger partial charge is 0.122 e. The van der Waals surface area contributed by atoms with Crippen molar-refractivity contribution in [1.82, 2.24) is 14.9 Å². The van der Waals surface area contributed by atoms with Crippen LogP contribution in [-0.4, -0.2) is 23.2 Å². The van der Waals surface area contributed by atoms with Crippen LogP contribution in [0.5, 0.6) is 5.75 Å². The van der Waals surface area contributed by atoms with Crippen molar-refractivity contribution < 1.29 is 4.74 Å². The molecule has 0 saturated carbocycles. The van der Waals surface area contributed by atoms with Gasteiger partial charge in [0.05, 0.1) is 18.3 Å². The number of nitrogens with one attached hydrogen (secondary N) is 1. The molecule has 1 aliphatic rings. The Kier molecular flexibility index (Phi) is 3.75. The molecule has 2 atom stereocenters. The van der Waals surface area contributed by atoms with Crippen LogP contribution in [0.4, 0.5) is 0 Å². The molecule has 2 unspecified atom stereocenters. The number of hydrogen-bond donors (Lipinski definition) is 1. The van der Waals surface area contributed by atoms with E-state index in [9.17, 15) is 0 Å². The summed E-state index contributed by atoms with van der Waals surface area (Å²) in [5, 5.41) is 9.55. The van der Waals surface area contributed by atoms with E-state index in [1.54, 1.807) is 0 Å². The fraction of sp³-hybridized carbons (Fsp3) is 0.429. The molecule has 0 saturated heterocycles. The van der Waals surface area contributed by atoms with Crippen LogP contribution >= 0.6 is 11.5 Å². The second-order valence-corrected chi connectivity index (χ2v) is 5.39. The summed E-state index contributed by atoms with van der Waals surface area (Å²) in [5.41, 5.74) is 2.36. The van der Waals surface area contributed by atoms with Crippen LogP contribution in [0, 0.1) is 0 Å². The first-order chi connectivity index (χ1) is 9.38. The number of aromatic nitrogens is 2. The van der Waals surface area contributed by atoms with Crippen LogP contribution in [0.25, 0.3) is 0 Å². The highest BCUT2D eigenvalue weighted by atomic mass is 32.1. The van der Waals surface area contributed by atoms with Crippen molar-refractivity contribution in [2.24, 2.45) is 0 Å². The Morgan fingerprint density at radius 1 is 1.47 bits per heavy atom. The largest absolute Gasteiger partial charge is 0.493 e. The second kappa shape index (κ2) is 5.67. The lowest BCUT2D eigenvalue weighted by atomic mass is 9.87. The van der Waals surface area contributed by atoms with E-state index in [0.717, 1.165) is 30.9 Å². The molecule has 2 heterocycles. The summed E-state index contributed by atoms with van der Waals surface area (Å²) in [4.78, 5) is 0. The van der Waals surface area contributed by atoms with Crippen molar-refractivity contribution in [2.45, 2.75) is 24.8 Å². The van der Waals surface area contributed by atoms with Gasteiger partial charge < -0.3 is 10.1 Å². The lowest BCUT2D eigenvalue weighted by molar-refractivity contribution is 0.256. The van der Waals surface area contributed by atoms with Gasteiger partial charge in [-0.1, -0.05) is 22.7 Å². The fourth-order valence-corrected chi connectivity index (χ4v) is 3.16. The molecule has 0 amide bonds. The maximum absolute atomic E-state index is 5.71. The summed E-state index contributed by atoms with van der Waals surface area (Å²) in [7, 11) is 1.98. The predicted molar refractivity (Wildman–Crippen MR) is 75.6 cm³/mol. The third-order valence-corrected chi connectivity index (χ3v) is 4.21. The standard InChI is InChI=1S/C14H17N3OS/c1-15-12(13-9-19-17-16-13)8-10-6-7-18-14-5-3-2-4-11(10)14/h2-5,9-10,12,15H,6-8H2,1H3. The number of benzene rings is 1. The fourth-order valence-electron chi connectivity index (χ4n) is 2.66. The van der Waals surface area contributed by atoms with Gasteiger partial charge in [-0.15, -0.1) is 5.10 Å². The minimum absolute atomic E-state index is 0.259. The first-order valence-electron chi connectivity index (χ1n) is 6.54. The second-order valence-electron chi connectivity index (χ2n) is 4.78. The number of fused-ring (bicyclic) bond motifs is 1. The van der Waals surface area contributed by atoms with Gasteiger partial charge in [0.15, 0.2) is 0 Å². The minimum atomic E-state index is 0.259. The molecule has 1 N–H and O–H groups in total. The Balaban J connectivity index is 1.80. The predicted octanol–water partition coefficient (Wildman–Crippen LogP) is 2.76. The van der Waals surface area contributed by atoms with E-state index in [2.05, 4.69) is 33.1 Å². The van der Waals surface area contributed by atoms with Gasteiger partial charge in [-0.3, -0.25) is 0 Å². The first-order valence-corrected chi connectivity index (χ1v) is 7.38. The van der Waals surface area contributed by atoms with Crippen molar-refractivity contribution in [3.8, 4) is 5.75 Å². The van der Waals surface area contributed by atoms with E-state index in [1.807, 2.05) is 18.5 Å². The molecule has 0 spiro atoms. The molecule has 19 heavy (non-hydrogen) atoms. The van der Waals surface area contributed by atoms with E-state index < -0.39 is 0 Å². The molecular formula is C14H17N3OS. The van der Waals surface area contributed by atoms with Gasteiger partial charge in [0.1, 0.15) is 5.75 Å². The SMILES string of the molecule is CNC(CC1CCOc2ccccc21)c1csnn1. The molecule has 0 bridgehead atoms. The molecule has 100 valence electrons. The van der Waals surface area contributed by atoms with Gasteiger partial charge in [-0.25, -0.2) is 0 Å². The molecule has 2 aromatic rings. The van der Waals surface area contributed by atoms with Crippen LogP contribution in [0.15, 0.2) is 29.6 Å². The summed E-state index contributed by atoms with van der Waals surface area (Å²) >= 11 is 1.41. The summed E-state index contributed by atoms with van der Waals surface area (Å²) in [6.45, 7) is 0.799. The maximum Gasteiger partial charge on any atom is 0.122 e. The highest BCUT2D eigenvalue weighted by Gasteiger charge is 2.25. The lowest BCUT2D eigenvalue weighted by Crippen LogP contribution is -2.23. The van der Waals surface area contributed by atoms with Crippen LogP contribution in [0.3, 0.4) is 0 Å². The van der Waals surface area contributed by atoms with E-state index in [1.165, 1.54) is 17.1 Å². The quantitative estimate of drug-likeness (QED) is 0.932. The third kappa shape index (κ3) is 2.62. The van der Waals surface area contributed by atoms with Crippen molar-refractivity contribution in [1.29, 1.82) is 0 Å². The van der Waals surface area contributed by atoms with E-state index >= 15 is 0 Å². The van der Waals surface area contributed by atoms with Gasteiger partial charge in [-0.05, 0) is 49.0 Å². The molecule has 0 fully saturated rings. The van der Waals surface area contributed by atoms with Gasteiger partial charge in [0.25, 0.3) is 0 Å². The zero-order valence-corrected chi connectivity index (χ0v) is 11.7. The van der Waals surface area contributed by atoms with Crippen LogP contribution in [0.2, 0.25) is 0 Å². The molecule has 5 heteroatoms. The Morgan fingerprint density at radius 3 is 3.16 bits per heavy atom. The van der Waals surface area contributed by atoms with Gasteiger partial charge in [0.2, 0.25) is 0 Å². The highest BCUT2D eigenvalue weighted by molar-refractivity contribution is 7.03. The summed E-state index contributed by atoms with van der Waals surface area (Å²) in [6, 6.07) is 8.60. The van der Waals surface area contributed by atoms with E-state index in [0.29, 0.717) is 5.92 Å². The first kappa shape index (κ1) is 12.6. The molecule has 1 aliphatic heterocycles. The molecule has 3 rings (SSSR count). The van der Waals surface area contributed by atoms with Crippen molar-refractivity contribution in [3.63, 3.8) is 0 Å². The molecule has 4 nitrogen and oxygen atoms in total. The summed E-state index contributed by atoms with van der Waals surface area (Å²) in [6.07, 6.45) is 2.09. The number of nitrogens with zero attached hydrogens (tertiary/aromatic N) is 2. The summed E-state index contributed by atoms with van der Waals surface area (Å²) < 4.78 is 9.67. The van der Waals surface area contributed by atoms with Crippen molar-refractivity contribution in [2.75, 3.05) is 13.7 Å².